The van der Waals surface area contributed by atoms with E-state index in [0.717, 1.165) is 0 Å². The van der Waals surface area contributed by atoms with Gasteiger partial charge in [-0.2, -0.15) is 0 Å². The number of primary amides is 1. The van der Waals surface area contributed by atoms with Crippen molar-refractivity contribution in [2.24, 2.45) is 23.3 Å². The van der Waals surface area contributed by atoms with E-state index in [1.54, 1.807) is 27.7 Å². The molecule has 0 aliphatic heterocycles. The van der Waals surface area contributed by atoms with Crippen LogP contribution in [0.15, 0.2) is 0 Å². The zero-order valence-electron chi connectivity index (χ0n) is 18.6. The Hall–Kier alpha value is -3.22. The molecule has 0 spiro atoms. The summed E-state index contributed by atoms with van der Waals surface area (Å²) < 4.78 is 0. The lowest BCUT2D eigenvalue weighted by atomic mass is 10.0. The Morgan fingerprint density at radius 1 is 0.781 bits per heavy atom. The summed E-state index contributed by atoms with van der Waals surface area (Å²) in [6.07, 6.45) is -1.17. The minimum Gasteiger partial charge on any atom is -0.481 e. The fourth-order valence-electron chi connectivity index (χ4n) is 2.72. The molecule has 0 aliphatic rings. The molecule has 0 aromatic rings. The number of carboxylic acids is 2. The van der Waals surface area contributed by atoms with E-state index in [9.17, 15) is 33.9 Å². The van der Waals surface area contributed by atoms with E-state index in [1.165, 1.54) is 0 Å². The Kier molecular flexibility index (Phi) is 11.9. The first-order valence-electron chi connectivity index (χ1n) is 10.0. The van der Waals surface area contributed by atoms with Gasteiger partial charge in [0.15, 0.2) is 0 Å². The quantitative estimate of drug-likeness (QED) is 0.151. The van der Waals surface area contributed by atoms with Crippen molar-refractivity contribution < 1.29 is 39.0 Å². The Morgan fingerprint density at radius 2 is 1.31 bits per heavy atom. The Morgan fingerprint density at radius 3 is 1.72 bits per heavy atom. The monoisotopic (exact) mass is 459 g/mol. The topological polar surface area (TPSA) is 231 Å². The molecule has 0 saturated carbocycles. The number of carboxylic acid groups (broad SMARTS) is 2. The first-order valence-corrected chi connectivity index (χ1v) is 10.0. The van der Waals surface area contributed by atoms with Crippen molar-refractivity contribution in [1.82, 2.24) is 16.0 Å². The van der Waals surface area contributed by atoms with E-state index in [4.69, 9.17) is 16.6 Å². The van der Waals surface area contributed by atoms with Gasteiger partial charge in [-0.15, -0.1) is 0 Å². The van der Waals surface area contributed by atoms with E-state index in [2.05, 4.69) is 16.0 Å². The maximum Gasteiger partial charge on any atom is 0.326 e. The number of hydrogen-bond donors (Lipinski definition) is 7. The molecule has 0 heterocycles. The summed E-state index contributed by atoms with van der Waals surface area (Å²) in [6, 6.07) is -5.38. The second kappa shape index (κ2) is 13.2. The number of nitrogens with two attached hydrogens (primary N) is 2. The van der Waals surface area contributed by atoms with Crippen molar-refractivity contribution in [2.75, 3.05) is 0 Å². The highest BCUT2D eigenvalue weighted by Gasteiger charge is 2.33. The molecule has 4 unspecified atom stereocenters. The molecule has 13 heteroatoms. The predicted molar refractivity (Wildman–Crippen MR) is 112 cm³/mol. The normalized spacial score (nSPS) is 14.7. The summed E-state index contributed by atoms with van der Waals surface area (Å²) >= 11 is 0. The lowest BCUT2D eigenvalue weighted by molar-refractivity contribution is -0.144. The third kappa shape index (κ3) is 10.7. The summed E-state index contributed by atoms with van der Waals surface area (Å²) in [5.41, 5.74) is 10.6. The molecule has 0 bridgehead atoms. The van der Waals surface area contributed by atoms with Gasteiger partial charge in [0, 0.05) is 0 Å². The van der Waals surface area contributed by atoms with Crippen LogP contribution in [0, 0.1) is 11.8 Å². The average Bonchev–Trinajstić information content (AvgIpc) is 2.62. The predicted octanol–water partition coefficient (Wildman–Crippen LogP) is -2.10. The van der Waals surface area contributed by atoms with Gasteiger partial charge < -0.3 is 37.6 Å². The molecule has 4 atom stereocenters. The molecule has 0 fully saturated rings. The standard InChI is InChI=1S/C19H33N5O8/c1-8(2)5-12(19(31)32)23-17(29)11(7-14(26)27)22-18(30)15(9(3)4)24-16(28)10(20)6-13(21)25/h8-12,15H,5-7,20H2,1-4H3,(H2,21,25)(H,22,30)(H,23,29)(H,24,28)(H,26,27)(H,31,32). The number of nitrogens with one attached hydrogen (secondary N) is 3. The van der Waals surface area contributed by atoms with Crippen LogP contribution < -0.4 is 27.4 Å². The number of carbonyl (C=O) groups is 6. The highest BCUT2D eigenvalue weighted by atomic mass is 16.4. The minimum absolute atomic E-state index is 0.0749. The van der Waals surface area contributed by atoms with Crippen LogP contribution >= 0.6 is 0 Å². The van der Waals surface area contributed by atoms with E-state index in [0.29, 0.717) is 0 Å². The fraction of sp³-hybridized carbons (Fsp3) is 0.684. The minimum atomic E-state index is -1.59. The molecule has 0 saturated heterocycles. The molecular formula is C19H33N5O8. The van der Waals surface area contributed by atoms with Gasteiger partial charge in [-0.05, 0) is 18.3 Å². The van der Waals surface area contributed by atoms with Crippen LogP contribution in [-0.2, 0) is 28.8 Å². The lowest BCUT2D eigenvalue weighted by Gasteiger charge is -2.26. The van der Waals surface area contributed by atoms with Gasteiger partial charge in [-0.25, -0.2) is 4.79 Å². The second-order valence-corrected chi connectivity index (χ2v) is 8.20. The summed E-state index contributed by atoms with van der Waals surface area (Å²) in [5, 5.41) is 25.2. The number of amides is 4. The molecular weight excluding hydrogens is 426 g/mol. The number of carbonyl (C=O) groups excluding carboxylic acids is 4. The second-order valence-electron chi connectivity index (χ2n) is 8.20. The Bertz CT molecular complexity index is 725. The maximum absolute atomic E-state index is 12.7. The van der Waals surface area contributed by atoms with Gasteiger partial charge in [-0.1, -0.05) is 27.7 Å². The average molecular weight is 460 g/mol. The smallest absolute Gasteiger partial charge is 0.326 e. The van der Waals surface area contributed by atoms with Crippen LogP contribution in [-0.4, -0.2) is 69.9 Å². The first-order chi connectivity index (χ1) is 14.6. The first kappa shape index (κ1) is 28.8. The Labute approximate surface area is 185 Å². The maximum atomic E-state index is 12.7. The van der Waals surface area contributed by atoms with Crippen LogP contribution in [0.1, 0.15) is 47.0 Å². The molecule has 0 aliphatic carbocycles. The molecule has 0 radical (unpaired) electrons. The van der Waals surface area contributed by atoms with Gasteiger partial charge in [0.2, 0.25) is 23.6 Å². The number of hydrogen-bond acceptors (Lipinski definition) is 7. The van der Waals surface area contributed by atoms with E-state index in [-0.39, 0.29) is 12.3 Å². The van der Waals surface area contributed by atoms with Crippen molar-refractivity contribution in [1.29, 1.82) is 0 Å². The van der Waals surface area contributed by atoms with Gasteiger partial charge in [0.1, 0.15) is 18.1 Å². The number of rotatable bonds is 14. The van der Waals surface area contributed by atoms with Gasteiger partial charge in [0.05, 0.1) is 18.9 Å². The van der Waals surface area contributed by atoms with E-state index in [1.807, 2.05) is 0 Å². The van der Waals surface area contributed by atoms with Crippen LogP contribution in [0.3, 0.4) is 0 Å². The van der Waals surface area contributed by atoms with Gasteiger partial charge >= 0.3 is 11.9 Å². The molecule has 0 aromatic carbocycles. The van der Waals surface area contributed by atoms with Crippen LogP contribution in [0.4, 0.5) is 0 Å². The van der Waals surface area contributed by atoms with Crippen molar-refractivity contribution in [2.45, 2.75) is 71.1 Å². The summed E-state index contributed by atoms with van der Waals surface area (Å²) in [6.45, 7) is 6.66. The fourth-order valence-corrected chi connectivity index (χ4v) is 2.72. The molecule has 13 nitrogen and oxygen atoms in total. The molecule has 0 aromatic heterocycles. The largest absolute Gasteiger partial charge is 0.481 e. The van der Waals surface area contributed by atoms with Gasteiger partial charge in [-0.3, -0.25) is 24.0 Å². The van der Waals surface area contributed by atoms with Crippen molar-refractivity contribution in [3.63, 3.8) is 0 Å². The van der Waals surface area contributed by atoms with Crippen molar-refractivity contribution in [3.05, 3.63) is 0 Å². The third-order valence-electron chi connectivity index (χ3n) is 4.34. The molecule has 4 amide bonds. The molecule has 0 rings (SSSR count). The zero-order chi connectivity index (χ0) is 25.2. The van der Waals surface area contributed by atoms with Crippen molar-refractivity contribution >= 4 is 35.6 Å². The highest BCUT2D eigenvalue weighted by Crippen LogP contribution is 2.08. The van der Waals surface area contributed by atoms with Crippen LogP contribution in [0.25, 0.3) is 0 Å². The zero-order valence-corrected chi connectivity index (χ0v) is 18.6. The van der Waals surface area contributed by atoms with E-state index < -0.39 is 78.5 Å². The molecule has 9 N–H and O–H groups in total. The van der Waals surface area contributed by atoms with Crippen LogP contribution in [0.2, 0.25) is 0 Å². The molecule has 182 valence electrons. The van der Waals surface area contributed by atoms with Crippen molar-refractivity contribution in [3.8, 4) is 0 Å². The number of aliphatic carboxylic acids is 2. The lowest BCUT2D eigenvalue weighted by Crippen LogP contribution is -2.59. The summed E-state index contributed by atoms with van der Waals surface area (Å²) in [4.78, 5) is 70.9. The summed E-state index contributed by atoms with van der Waals surface area (Å²) in [7, 11) is 0. The van der Waals surface area contributed by atoms with E-state index >= 15 is 0 Å². The van der Waals surface area contributed by atoms with Gasteiger partial charge in [0.25, 0.3) is 0 Å². The molecule has 32 heavy (non-hydrogen) atoms. The van der Waals surface area contributed by atoms with Crippen LogP contribution in [0.5, 0.6) is 0 Å². The summed E-state index contributed by atoms with van der Waals surface area (Å²) in [5.74, 6) is -6.80. The highest BCUT2D eigenvalue weighted by molar-refractivity contribution is 5.96. The Balaban J connectivity index is 5.47. The SMILES string of the molecule is CC(C)CC(NC(=O)C(CC(=O)O)NC(=O)C(NC(=O)C(N)CC(N)=O)C(C)C)C(=O)O. The third-order valence-corrected chi connectivity index (χ3v) is 4.34.